The highest BCUT2D eigenvalue weighted by molar-refractivity contribution is 5.25. The monoisotopic (exact) mass is 287 g/mol. The Kier molecular flexibility index (Phi) is 5.05. The van der Waals surface area contributed by atoms with Crippen LogP contribution in [0.5, 0.6) is 0 Å². The van der Waals surface area contributed by atoms with Crippen LogP contribution in [0.3, 0.4) is 0 Å². The van der Waals surface area contributed by atoms with E-state index in [1.165, 1.54) is 0 Å². The van der Waals surface area contributed by atoms with Gasteiger partial charge in [0.1, 0.15) is 17.5 Å². The molecule has 20 heavy (non-hydrogen) atoms. The normalized spacial score (nSPS) is 24.1. The van der Waals surface area contributed by atoms with E-state index in [0.717, 1.165) is 25.0 Å². The lowest BCUT2D eigenvalue weighted by atomic mass is 9.87. The van der Waals surface area contributed by atoms with E-state index in [4.69, 9.17) is 4.74 Å². The van der Waals surface area contributed by atoms with E-state index < -0.39 is 23.5 Å². The Morgan fingerprint density at radius 1 is 1.30 bits per heavy atom. The Balaban J connectivity index is 2.35. The topological polar surface area (TPSA) is 21.3 Å². The van der Waals surface area contributed by atoms with Crippen molar-refractivity contribution < 1.29 is 17.9 Å². The minimum atomic E-state index is -0.895. The summed E-state index contributed by atoms with van der Waals surface area (Å²) in [6.07, 6.45) is 1.51. The van der Waals surface area contributed by atoms with Gasteiger partial charge >= 0.3 is 0 Å². The first kappa shape index (κ1) is 15.3. The second kappa shape index (κ2) is 6.59. The minimum absolute atomic E-state index is 0.0176. The van der Waals surface area contributed by atoms with Crippen molar-refractivity contribution in [2.75, 3.05) is 13.2 Å². The van der Waals surface area contributed by atoms with Gasteiger partial charge in [-0.05, 0) is 26.3 Å². The molecule has 1 N–H and O–H groups in total. The third-order valence-electron chi connectivity index (χ3n) is 3.83. The second-order valence-electron chi connectivity index (χ2n) is 5.24. The molecule has 0 aromatic heterocycles. The first-order valence-corrected chi connectivity index (χ1v) is 7.04. The fraction of sp³-hybridized carbons (Fsp3) is 0.600. The summed E-state index contributed by atoms with van der Waals surface area (Å²) in [6, 6.07) is 0.979. The molecule has 1 aromatic carbocycles. The first-order chi connectivity index (χ1) is 9.54. The molecular weight excluding hydrogens is 267 g/mol. The van der Waals surface area contributed by atoms with Gasteiger partial charge in [-0.15, -0.1) is 0 Å². The lowest BCUT2D eigenvalue weighted by molar-refractivity contribution is 0.0944. The SMILES string of the molecule is CCCNC(c1c(F)cc(F)cc1F)C1CCOC1C. The zero-order chi connectivity index (χ0) is 14.7. The summed E-state index contributed by atoms with van der Waals surface area (Å²) >= 11 is 0. The van der Waals surface area contributed by atoms with E-state index in [9.17, 15) is 13.2 Å². The van der Waals surface area contributed by atoms with Crippen molar-refractivity contribution in [3.05, 3.63) is 35.1 Å². The Morgan fingerprint density at radius 2 is 1.95 bits per heavy atom. The standard InChI is InChI=1S/C15H20F3NO/c1-3-5-19-15(11-4-6-20-9(11)2)14-12(17)7-10(16)8-13(14)18/h7-9,11,15,19H,3-6H2,1-2H3. The molecule has 1 heterocycles. The molecule has 0 radical (unpaired) electrons. The predicted molar refractivity (Wildman–Crippen MR) is 70.9 cm³/mol. The van der Waals surface area contributed by atoms with Crippen LogP contribution in [0.25, 0.3) is 0 Å². The van der Waals surface area contributed by atoms with Crippen LogP contribution in [0.15, 0.2) is 12.1 Å². The summed E-state index contributed by atoms with van der Waals surface area (Å²) in [7, 11) is 0. The molecule has 1 saturated heterocycles. The van der Waals surface area contributed by atoms with Crippen molar-refractivity contribution in [2.24, 2.45) is 5.92 Å². The van der Waals surface area contributed by atoms with Crippen molar-refractivity contribution in [3.8, 4) is 0 Å². The van der Waals surface area contributed by atoms with Gasteiger partial charge < -0.3 is 10.1 Å². The Hall–Kier alpha value is -1.07. The molecule has 3 unspecified atom stereocenters. The van der Waals surface area contributed by atoms with Gasteiger partial charge in [0.05, 0.1) is 6.10 Å². The molecule has 0 saturated carbocycles. The van der Waals surface area contributed by atoms with Gasteiger partial charge in [-0.25, -0.2) is 13.2 Å². The molecule has 0 spiro atoms. The van der Waals surface area contributed by atoms with Gasteiger partial charge in [-0.1, -0.05) is 6.92 Å². The van der Waals surface area contributed by atoms with Crippen LogP contribution in [-0.4, -0.2) is 19.3 Å². The lowest BCUT2D eigenvalue weighted by Crippen LogP contribution is -2.33. The van der Waals surface area contributed by atoms with Gasteiger partial charge in [0.15, 0.2) is 0 Å². The molecule has 5 heteroatoms. The summed E-state index contributed by atoms with van der Waals surface area (Å²) in [6.45, 7) is 5.11. The van der Waals surface area contributed by atoms with Crippen molar-refractivity contribution in [1.29, 1.82) is 0 Å². The largest absolute Gasteiger partial charge is 0.378 e. The minimum Gasteiger partial charge on any atom is -0.378 e. The number of halogens is 3. The van der Waals surface area contributed by atoms with E-state index >= 15 is 0 Å². The summed E-state index contributed by atoms with van der Waals surface area (Å²) < 4.78 is 46.6. The van der Waals surface area contributed by atoms with E-state index in [2.05, 4.69) is 5.32 Å². The van der Waals surface area contributed by atoms with Crippen LogP contribution in [-0.2, 0) is 4.74 Å². The molecule has 1 fully saturated rings. The molecule has 0 aliphatic carbocycles. The van der Waals surface area contributed by atoms with Gasteiger partial charge in [0, 0.05) is 36.3 Å². The van der Waals surface area contributed by atoms with Gasteiger partial charge in [0.2, 0.25) is 0 Å². The summed E-state index contributed by atoms with van der Waals surface area (Å²) in [4.78, 5) is 0. The number of hydrogen-bond donors (Lipinski definition) is 1. The highest BCUT2D eigenvalue weighted by Crippen LogP contribution is 2.35. The molecule has 2 rings (SSSR count). The third-order valence-corrected chi connectivity index (χ3v) is 3.83. The van der Waals surface area contributed by atoms with Crippen LogP contribution < -0.4 is 5.32 Å². The zero-order valence-electron chi connectivity index (χ0n) is 11.8. The van der Waals surface area contributed by atoms with Gasteiger partial charge in [0.25, 0.3) is 0 Å². The molecule has 2 nitrogen and oxygen atoms in total. The molecule has 0 amide bonds. The van der Waals surface area contributed by atoms with Crippen molar-refractivity contribution in [3.63, 3.8) is 0 Å². The molecular formula is C15H20F3NO. The Bertz CT molecular complexity index is 443. The first-order valence-electron chi connectivity index (χ1n) is 7.04. The van der Waals surface area contributed by atoms with E-state index in [-0.39, 0.29) is 17.6 Å². The number of rotatable bonds is 5. The van der Waals surface area contributed by atoms with Crippen LogP contribution in [0.1, 0.15) is 38.3 Å². The van der Waals surface area contributed by atoms with Gasteiger partial charge in [-0.3, -0.25) is 0 Å². The molecule has 0 bridgehead atoms. The number of hydrogen-bond acceptors (Lipinski definition) is 2. The Labute approximate surface area is 117 Å². The fourth-order valence-corrected chi connectivity index (χ4v) is 2.80. The van der Waals surface area contributed by atoms with E-state index in [1.54, 1.807) is 0 Å². The van der Waals surface area contributed by atoms with Crippen LogP contribution >= 0.6 is 0 Å². The highest BCUT2D eigenvalue weighted by atomic mass is 19.1. The predicted octanol–water partition coefficient (Wildman–Crippen LogP) is 3.57. The average molecular weight is 287 g/mol. The molecule has 3 atom stereocenters. The Morgan fingerprint density at radius 3 is 2.45 bits per heavy atom. The van der Waals surface area contributed by atoms with Crippen LogP contribution in [0.2, 0.25) is 0 Å². The van der Waals surface area contributed by atoms with Crippen molar-refractivity contribution >= 4 is 0 Å². The van der Waals surface area contributed by atoms with E-state index in [1.807, 2.05) is 13.8 Å². The van der Waals surface area contributed by atoms with Crippen LogP contribution in [0, 0.1) is 23.4 Å². The maximum absolute atomic E-state index is 14.0. The quantitative estimate of drug-likeness (QED) is 0.894. The number of ether oxygens (including phenoxy) is 1. The smallest absolute Gasteiger partial charge is 0.133 e. The molecule has 1 aliphatic rings. The van der Waals surface area contributed by atoms with Crippen molar-refractivity contribution in [2.45, 2.75) is 38.8 Å². The molecule has 112 valence electrons. The maximum atomic E-state index is 14.0. The lowest BCUT2D eigenvalue weighted by Gasteiger charge is -2.28. The number of nitrogens with one attached hydrogen (secondary N) is 1. The highest BCUT2D eigenvalue weighted by Gasteiger charge is 2.35. The number of benzene rings is 1. The van der Waals surface area contributed by atoms with Gasteiger partial charge in [-0.2, -0.15) is 0 Å². The summed E-state index contributed by atoms with van der Waals surface area (Å²) in [5.41, 5.74) is -0.0813. The maximum Gasteiger partial charge on any atom is 0.133 e. The molecule has 1 aromatic rings. The molecule has 1 aliphatic heterocycles. The van der Waals surface area contributed by atoms with Crippen molar-refractivity contribution in [1.82, 2.24) is 5.32 Å². The van der Waals surface area contributed by atoms with E-state index in [0.29, 0.717) is 13.2 Å². The zero-order valence-corrected chi connectivity index (χ0v) is 11.8. The van der Waals surface area contributed by atoms with Crippen LogP contribution in [0.4, 0.5) is 13.2 Å². The summed E-state index contributed by atoms with van der Waals surface area (Å²) in [5, 5.41) is 3.18. The average Bonchev–Trinajstić information content (AvgIpc) is 2.78. The second-order valence-corrected chi connectivity index (χ2v) is 5.24. The fourth-order valence-electron chi connectivity index (χ4n) is 2.80. The summed E-state index contributed by atoms with van der Waals surface area (Å²) in [5.74, 6) is -2.59. The third kappa shape index (κ3) is 3.15.